The van der Waals surface area contributed by atoms with Crippen LogP contribution in [0.2, 0.25) is 0 Å². The lowest BCUT2D eigenvalue weighted by molar-refractivity contribution is 0.0754. The first kappa shape index (κ1) is 19.3. The third-order valence-corrected chi connectivity index (χ3v) is 5.44. The first-order valence-electron chi connectivity index (χ1n) is 9.98. The fourth-order valence-electron chi connectivity index (χ4n) is 3.73. The molecule has 1 aromatic heterocycles. The molecule has 1 saturated heterocycles. The molecule has 1 aliphatic rings. The van der Waals surface area contributed by atoms with Gasteiger partial charge in [0.1, 0.15) is 11.5 Å². The van der Waals surface area contributed by atoms with Gasteiger partial charge in [-0.2, -0.15) is 5.10 Å². The number of carbonyl (C=O) groups is 1. The summed E-state index contributed by atoms with van der Waals surface area (Å²) in [5.41, 5.74) is 3.31. The lowest BCUT2D eigenvalue weighted by Crippen LogP contribution is -2.35. The molecule has 6 heteroatoms. The quantitative estimate of drug-likeness (QED) is 0.680. The molecule has 5 nitrogen and oxygen atoms in total. The number of halogens is 1. The van der Waals surface area contributed by atoms with Crippen LogP contribution < -0.4 is 0 Å². The molecule has 0 aliphatic carbocycles. The van der Waals surface area contributed by atoms with E-state index in [2.05, 4.69) is 41.2 Å². The zero-order valence-corrected chi connectivity index (χ0v) is 16.6. The van der Waals surface area contributed by atoms with Crippen LogP contribution in [-0.4, -0.2) is 51.7 Å². The van der Waals surface area contributed by atoms with Gasteiger partial charge in [-0.05, 0) is 42.7 Å². The zero-order valence-electron chi connectivity index (χ0n) is 16.6. The van der Waals surface area contributed by atoms with Gasteiger partial charge in [0.2, 0.25) is 0 Å². The van der Waals surface area contributed by atoms with Crippen molar-refractivity contribution in [2.24, 2.45) is 0 Å². The maximum absolute atomic E-state index is 14.0. The molecule has 1 amide bonds. The van der Waals surface area contributed by atoms with E-state index in [0.717, 1.165) is 26.1 Å². The van der Waals surface area contributed by atoms with Gasteiger partial charge in [0.05, 0.1) is 0 Å². The third-order valence-electron chi connectivity index (χ3n) is 5.44. The van der Waals surface area contributed by atoms with Gasteiger partial charge in [0, 0.05) is 38.9 Å². The second kappa shape index (κ2) is 8.57. The van der Waals surface area contributed by atoms with Crippen LogP contribution in [0.25, 0.3) is 5.69 Å². The first-order chi connectivity index (χ1) is 14.1. The van der Waals surface area contributed by atoms with Gasteiger partial charge >= 0.3 is 0 Å². The SMILES string of the molecule is Cc1ccccc1CN1CCCN(C(=O)c2ccn(-c3ccccc3F)n2)CC1. The Morgan fingerprint density at radius 2 is 1.79 bits per heavy atom. The summed E-state index contributed by atoms with van der Waals surface area (Å²) in [7, 11) is 0. The van der Waals surface area contributed by atoms with Crippen molar-refractivity contribution in [1.29, 1.82) is 0 Å². The molecule has 0 bridgehead atoms. The maximum atomic E-state index is 14.0. The minimum atomic E-state index is -0.365. The summed E-state index contributed by atoms with van der Waals surface area (Å²) in [4.78, 5) is 17.2. The number of hydrogen-bond acceptors (Lipinski definition) is 3. The number of amides is 1. The number of aromatic nitrogens is 2. The van der Waals surface area contributed by atoms with Crippen LogP contribution in [0.5, 0.6) is 0 Å². The molecule has 4 rings (SSSR count). The Balaban J connectivity index is 1.41. The standard InChI is InChI=1S/C23H25FN4O/c1-18-7-2-3-8-19(18)17-26-12-6-13-27(16-15-26)23(29)21-11-14-28(25-21)22-10-5-4-9-20(22)24/h2-5,7-11,14H,6,12-13,15-17H2,1H3. The average molecular weight is 392 g/mol. The van der Waals surface area contributed by atoms with E-state index >= 15 is 0 Å². The number of hydrogen-bond donors (Lipinski definition) is 0. The van der Waals surface area contributed by atoms with E-state index in [9.17, 15) is 9.18 Å². The van der Waals surface area contributed by atoms with E-state index in [1.165, 1.54) is 21.9 Å². The Morgan fingerprint density at radius 3 is 2.62 bits per heavy atom. The van der Waals surface area contributed by atoms with E-state index in [1.54, 1.807) is 30.5 Å². The lowest BCUT2D eigenvalue weighted by atomic mass is 10.1. The molecular formula is C23H25FN4O. The van der Waals surface area contributed by atoms with Crippen molar-refractivity contribution in [1.82, 2.24) is 19.6 Å². The Labute approximate surface area is 170 Å². The third kappa shape index (κ3) is 4.38. The summed E-state index contributed by atoms with van der Waals surface area (Å²) in [5, 5.41) is 4.32. The van der Waals surface area contributed by atoms with Gasteiger partial charge in [-0.1, -0.05) is 36.4 Å². The highest BCUT2D eigenvalue weighted by molar-refractivity contribution is 5.92. The Hall–Kier alpha value is -2.99. The molecule has 150 valence electrons. The minimum absolute atomic E-state index is 0.0992. The van der Waals surface area contributed by atoms with Gasteiger partial charge in [0.15, 0.2) is 5.69 Å². The van der Waals surface area contributed by atoms with Crippen molar-refractivity contribution in [3.63, 3.8) is 0 Å². The lowest BCUT2D eigenvalue weighted by Gasteiger charge is -2.22. The van der Waals surface area contributed by atoms with Crippen molar-refractivity contribution in [3.8, 4) is 5.69 Å². The fourth-order valence-corrected chi connectivity index (χ4v) is 3.73. The Morgan fingerprint density at radius 1 is 1.00 bits per heavy atom. The molecule has 1 aliphatic heterocycles. The van der Waals surface area contributed by atoms with Crippen LogP contribution in [0.1, 0.15) is 28.0 Å². The van der Waals surface area contributed by atoms with Crippen LogP contribution in [0.3, 0.4) is 0 Å². The van der Waals surface area contributed by atoms with E-state index < -0.39 is 0 Å². The zero-order chi connectivity index (χ0) is 20.2. The molecule has 3 aromatic rings. The molecule has 0 N–H and O–H groups in total. The van der Waals surface area contributed by atoms with Gasteiger partial charge in [0.25, 0.3) is 5.91 Å². The van der Waals surface area contributed by atoms with E-state index in [1.807, 2.05) is 4.90 Å². The number of para-hydroxylation sites is 1. The van der Waals surface area contributed by atoms with E-state index in [-0.39, 0.29) is 11.7 Å². The predicted molar refractivity (Wildman–Crippen MR) is 110 cm³/mol. The molecule has 1 fully saturated rings. The van der Waals surface area contributed by atoms with Crippen LogP contribution in [0.4, 0.5) is 4.39 Å². The Bertz CT molecular complexity index is 1000. The molecule has 0 saturated carbocycles. The summed E-state index contributed by atoms with van der Waals surface area (Å²) >= 11 is 0. The highest BCUT2D eigenvalue weighted by Crippen LogP contribution is 2.16. The van der Waals surface area contributed by atoms with Crippen LogP contribution in [0, 0.1) is 12.7 Å². The summed E-state index contributed by atoms with van der Waals surface area (Å²) in [6.07, 6.45) is 2.56. The molecule has 29 heavy (non-hydrogen) atoms. The van der Waals surface area contributed by atoms with Crippen molar-refractivity contribution >= 4 is 5.91 Å². The highest BCUT2D eigenvalue weighted by Gasteiger charge is 2.22. The molecule has 2 heterocycles. The van der Waals surface area contributed by atoms with Gasteiger partial charge in [-0.3, -0.25) is 9.69 Å². The van der Waals surface area contributed by atoms with E-state index in [0.29, 0.717) is 24.5 Å². The molecule has 2 aromatic carbocycles. The number of nitrogens with zero attached hydrogens (tertiary/aromatic N) is 4. The molecule has 0 spiro atoms. The average Bonchev–Trinajstić information content (AvgIpc) is 3.10. The van der Waals surface area contributed by atoms with Gasteiger partial charge in [-0.15, -0.1) is 0 Å². The summed E-state index contributed by atoms with van der Waals surface area (Å²) in [6, 6.07) is 16.5. The highest BCUT2D eigenvalue weighted by atomic mass is 19.1. The van der Waals surface area contributed by atoms with Gasteiger partial charge in [-0.25, -0.2) is 9.07 Å². The molecule has 0 atom stereocenters. The second-order valence-corrected chi connectivity index (χ2v) is 7.45. The van der Waals surface area contributed by atoms with E-state index in [4.69, 9.17) is 0 Å². The minimum Gasteiger partial charge on any atom is -0.336 e. The maximum Gasteiger partial charge on any atom is 0.274 e. The van der Waals surface area contributed by atoms with Crippen molar-refractivity contribution in [2.45, 2.75) is 19.9 Å². The number of benzene rings is 2. The topological polar surface area (TPSA) is 41.4 Å². The second-order valence-electron chi connectivity index (χ2n) is 7.45. The summed E-state index contributed by atoms with van der Waals surface area (Å²) < 4.78 is 15.4. The normalized spacial score (nSPS) is 15.3. The Kier molecular flexibility index (Phi) is 5.71. The summed E-state index contributed by atoms with van der Waals surface area (Å²) in [6.45, 7) is 6.19. The number of rotatable bonds is 4. The molecule has 0 unspecified atom stereocenters. The fraction of sp³-hybridized carbons (Fsp3) is 0.304. The van der Waals surface area contributed by atoms with Crippen molar-refractivity contribution in [2.75, 3.05) is 26.2 Å². The predicted octanol–water partition coefficient (Wildman–Crippen LogP) is 3.67. The van der Waals surface area contributed by atoms with Crippen LogP contribution in [-0.2, 0) is 6.54 Å². The number of carbonyl (C=O) groups excluding carboxylic acids is 1. The number of aryl methyl sites for hydroxylation is 1. The largest absolute Gasteiger partial charge is 0.336 e. The molecular weight excluding hydrogens is 367 g/mol. The van der Waals surface area contributed by atoms with Gasteiger partial charge < -0.3 is 4.90 Å². The van der Waals surface area contributed by atoms with Crippen LogP contribution >= 0.6 is 0 Å². The monoisotopic (exact) mass is 392 g/mol. The van der Waals surface area contributed by atoms with Crippen molar-refractivity contribution < 1.29 is 9.18 Å². The van der Waals surface area contributed by atoms with Crippen LogP contribution in [0.15, 0.2) is 60.8 Å². The summed E-state index contributed by atoms with van der Waals surface area (Å²) in [5.74, 6) is -0.464. The first-order valence-corrected chi connectivity index (χ1v) is 9.98. The molecule has 0 radical (unpaired) electrons. The smallest absolute Gasteiger partial charge is 0.274 e. The van der Waals surface area contributed by atoms with Crippen molar-refractivity contribution in [3.05, 3.63) is 83.4 Å².